The van der Waals surface area contributed by atoms with E-state index in [-0.39, 0.29) is 6.54 Å². The first kappa shape index (κ1) is 14.1. The fourth-order valence-electron chi connectivity index (χ4n) is 1.43. The van der Waals surface area contributed by atoms with Crippen molar-refractivity contribution in [2.24, 2.45) is 0 Å². The predicted octanol–water partition coefficient (Wildman–Crippen LogP) is 3.06. The number of hydrogen-bond acceptors (Lipinski definition) is 5. The van der Waals surface area contributed by atoms with Crippen molar-refractivity contribution in [1.82, 2.24) is 9.71 Å². The molecule has 0 bridgehead atoms. The summed E-state index contributed by atoms with van der Waals surface area (Å²) in [5.74, 6) is 0. The van der Waals surface area contributed by atoms with Crippen molar-refractivity contribution < 1.29 is 8.42 Å². The van der Waals surface area contributed by atoms with Gasteiger partial charge in [0.2, 0.25) is 10.0 Å². The van der Waals surface area contributed by atoms with Crippen molar-refractivity contribution in [1.29, 1.82) is 0 Å². The highest BCUT2D eigenvalue weighted by atomic mass is 79.9. The van der Waals surface area contributed by atoms with E-state index in [1.165, 1.54) is 22.7 Å². The van der Waals surface area contributed by atoms with Gasteiger partial charge in [0.25, 0.3) is 0 Å². The first-order valence-corrected chi connectivity index (χ1v) is 8.96. The highest BCUT2D eigenvalue weighted by Gasteiger charge is 2.19. The molecule has 8 heteroatoms. The van der Waals surface area contributed by atoms with Gasteiger partial charge in [-0.15, -0.1) is 22.7 Å². The molecule has 0 atom stereocenters. The van der Waals surface area contributed by atoms with Gasteiger partial charge in [-0.05, 0) is 35.8 Å². The van der Waals surface area contributed by atoms with Gasteiger partial charge in [-0.1, -0.05) is 0 Å². The normalized spacial score (nSPS) is 11.9. The highest BCUT2D eigenvalue weighted by Crippen LogP contribution is 2.29. The van der Waals surface area contributed by atoms with E-state index in [2.05, 4.69) is 25.6 Å². The van der Waals surface area contributed by atoms with Gasteiger partial charge in [0.05, 0.1) is 13.7 Å². The number of aromatic nitrogens is 1. The number of nitrogens with zero attached hydrogens (tertiary/aromatic N) is 1. The van der Waals surface area contributed by atoms with Crippen LogP contribution >= 0.6 is 38.6 Å². The number of nitrogens with one attached hydrogen (secondary N) is 1. The molecule has 4 nitrogen and oxygen atoms in total. The smallest absolute Gasteiger partial charge is 0.242 e. The Labute approximate surface area is 122 Å². The number of thiazole rings is 1. The average Bonchev–Trinajstić information content (AvgIpc) is 2.82. The van der Waals surface area contributed by atoms with Crippen molar-refractivity contribution in [2.45, 2.75) is 25.3 Å². The molecular formula is C10H11BrN2O2S3. The number of thiophene rings is 1. The average molecular weight is 367 g/mol. The molecule has 0 spiro atoms. The van der Waals surface area contributed by atoms with Crippen LogP contribution in [0.5, 0.6) is 0 Å². The molecule has 0 aliphatic heterocycles. The molecule has 0 saturated carbocycles. The Morgan fingerprint density at radius 1 is 1.39 bits per heavy atom. The Kier molecular flexibility index (Phi) is 4.22. The summed E-state index contributed by atoms with van der Waals surface area (Å²) in [6.45, 7) is 3.96. The summed E-state index contributed by atoms with van der Waals surface area (Å²) in [5, 5.41) is 0.929. The van der Waals surface area contributed by atoms with Crippen LogP contribution in [0.15, 0.2) is 20.9 Å². The number of rotatable bonds is 4. The van der Waals surface area contributed by atoms with E-state index in [4.69, 9.17) is 0 Å². The van der Waals surface area contributed by atoms with Crippen LogP contribution in [0.1, 0.15) is 14.8 Å². The fourth-order valence-corrected chi connectivity index (χ4v) is 5.67. The Morgan fingerprint density at radius 3 is 2.61 bits per heavy atom. The molecule has 0 aliphatic rings. The van der Waals surface area contributed by atoms with Crippen LogP contribution < -0.4 is 4.72 Å². The van der Waals surface area contributed by atoms with Gasteiger partial charge in [0.1, 0.15) is 0 Å². The molecule has 2 aromatic heterocycles. The van der Waals surface area contributed by atoms with Crippen molar-refractivity contribution in [3.63, 3.8) is 0 Å². The lowest BCUT2D eigenvalue weighted by atomic mass is 10.5. The largest absolute Gasteiger partial charge is 0.250 e. The molecule has 18 heavy (non-hydrogen) atoms. The highest BCUT2D eigenvalue weighted by molar-refractivity contribution is 9.11. The lowest BCUT2D eigenvalue weighted by molar-refractivity contribution is 0.581. The van der Waals surface area contributed by atoms with Gasteiger partial charge < -0.3 is 0 Å². The lowest BCUT2D eigenvalue weighted by Crippen LogP contribution is -2.22. The summed E-state index contributed by atoms with van der Waals surface area (Å²) in [4.78, 5) is 6.10. The molecule has 0 fully saturated rings. The molecule has 98 valence electrons. The molecule has 0 aliphatic carbocycles. The Bertz CT molecular complexity index is 660. The number of halogens is 1. The molecule has 2 rings (SSSR count). The molecule has 0 aromatic carbocycles. The zero-order chi connectivity index (χ0) is 13.3. The van der Waals surface area contributed by atoms with Gasteiger partial charge >= 0.3 is 0 Å². The molecule has 0 unspecified atom stereocenters. The number of hydrogen-bond donors (Lipinski definition) is 1. The van der Waals surface area contributed by atoms with Gasteiger partial charge in [-0.2, -0.15) is 0 Å². The lowest BCUT2D eigenvalue weighted by Gasteiger charge is -2.04. The van der Waals surface area contributed by atoms with Gasteiger partial charge in [0.15, 0.2) is 0 Å². The molecule has 0 radical (unpaired) electrons. The molecule has 0 saturated heterocycles. The summed E-state index contributed by atoms with van der Waals surface area (Å²) < 4.78 is 27.6. The first-order chi connectivity index (χ1) is 8.38. The summed E-state index contributed by atoms with van der Waals surface area (Å²) >= 11 is 6.19. The number of sulfonamides is 1. The topological polar surface area (TPSA) is 59.1 Å². The van der Waals surface area contributed by atoms with Crippen LogP contribution in [0.4, 0.5) is 0 Å². The predicted molar refractivity (Wildman–Crippen MR) is 77.6 cm³/mol. The maximum absolute atomic E-state index is 12.1. The molecule has 1 N–H and O–H groups in total. The maximum atomic E-state index is 12.1. The molecule has 2 heterocycles. The third kappa shape index (κ3) is 3.18. The minimum atomic E-state index is -3.45. The van der Waals surface area contributed by atoms with E-state index >= 15 is 0 Å². The van der Waals surface area contributed by atoms with Gasteiger partial charge in [-0.25, -0.2) is 18.1 Å². The van der Waals surface area contributed by atoms with Gasteiger partial charge in [-0.3, -0.25) is 0 Å². The van der Waals surface area contributed by atoms with Gasteiger partial charge in [0, 0.05) is 22.5 Å². The minimum absolute atomic E-state index is 0.279. The first-order valence-electron chi connectivity index (χ1n) is 5.05. The van der Waals surface area contributed by atoms with Crippen molar-refractivity contribution >= 4 is 48.6 Å². The second-order valence-electron chi connectivity index (χ2n) is 3.64. The standard InChI is InChI=1S/C10H11BrN2O2S3/c1-6-9(3-10(11)16-6)18(14,15)13-5-8-4-12-7(2)17-8/h3-4,13H,5H2,1-2H3. The van der Waals surface area contributed by atoms with E-state index < -0.39 is 10.0 Å². The zero-order valence-electron chi connectivity index (χ0n) is 9.73. The Morgan fingerprint density at radius 2 is 2.11 bits per heavy atom. The summed E-state index contributed by atoms with van der Waals surface area (Å²) in [7, 11) is -3.45. The van der Waals surface area contributed by atoms with Crippen LogP contribution in [0.2, 0.25) is 0 Å². The van der Waals surface area contributed by atoms with E-state index in [1.807, 2.05) is 6.92 Å². The molecule has 2 aromatic rings. The van der Waals surface area contributed by atoms with Crippen molar-refractivity contribution in [3.05, 3.63) is 30.8 Å². The van der Waals surface area contributed by atoms with Crippen molar-refractivity contribution in [2.75, 3.05) is 0 Å². The summed E-state index contributed by atoms with van der Waals surface area (Å²) in [6, 6.07) is 1.63. The molecule has 0 amide bonds. The van der Waals surface area contributed by atoms with E-state index in [0.29, 0.717) is 4.90 Å². The summed E-state index contributed by atoms with van der Waals surface area (Å²) in [5.41, 5.74) is 0. The van der Waals surface area contributed by atoms with Crippen LogP contribution in [0, 0.1) is 13.8 Å². The number of aryl methyl sites for hydroxylation is 2. The second kappa shape index (κ2) is 5.38. The third-order valence-electron chi connectivity index (χ3n) is 2.24. The minimum Gasteiger partial charge on any atom is -0.250 e. The SMILES string of the molecule is Cc1ncc(CNS(=O)(=O)c2cc(Br)sc2C)s1. The van der Waals surface area contributed by atoms with Crippen LogP contribution in [0.3, 0.4) is 0 Å². The van der Waals surface area contributed by atoms with Crippen LogP contribution in [0.25, 0.3) is 0 Å². The fraction of sp³-hybridized carbons (Fsp3) is 0.300. The molecular weight excluding hydrogens is 356 g/mol. The maximum Gasteiger partial charge on any atom is 0.242 e. The third-order valence-corrected chi connectivity index (χ3v) is 6.36. The Balaban J connectivity index is 2.15. The van der Waals surface area contributed by atoms with Crippen LogP contribution in [-0.4, -0.2) is 13.4 Å². The monoisotopic (exact) mass is 366 g/mol. The van der Waals surface area contributed by atoms with E-state index in [0.717, 1.165) is 18.5 Å². The van der Waals surface area contributed by atoms with Crippen LogP contribution in [-0.2, 0) is 16.6 Å². The Hall–Kier alpha value is -0.280. The summed E-state index contributed by atoms with van der Waals surface area (Å²) in [6.07, 6.45) is 1.69. The van der Waals surface area contributed by atoms with Crippen molar-refractivity contribution in [3.8, 4) is 0 Å². The van der Waals surface area contributed by atoms with E-state index in [9.17, 15) is 8.42 Å². The second-order valence-corrected chi connectivity index (χ2v) is 9.33. The quantitative estimate of drug-likeness (QED) is 0.904. The zero-order valence-corrected chi connectivity index (χ0v) is 13.8. The van der Waals surface area contributed by atoms with E-state index in [1.54, 1.807) is 19.2 Å².